The predicted octanol–water partition coefficient (Wildman–Crippen LogP) is 0.105. The van der Waals surface area contributed by atoms with Crippen LogP contribution in [0.2, 0.25) is 0 Å². The molecule has 1 aromatic rings. The zero-order valence-electron chi connectivity index (χ0n) is 12.4. The molecule has 2 amide bonds. The molecule has 8 nitrogen and oxygen atoms in total. The minimum absolute atomic E-state index is 0.142. The summed E-state index contributed by atoms with van der Waals surface area (Å²) in [5.41, 5.74) is 1.03. The average molecular weight is 344 g/mol. The molecular weight excluding hydrogens is 328 g/mol. The van der Waals surface area contributed by atoms with Gasteiger partial charge in [-0.3, -0.25) is 19.2 Å². The van der Waals surface area contributed by atoms with Crippen molar-refractivity contribution in [1.82, 2.24) is 19.0 Å². The van der Waals surface area contributed by atoms with Gasteiger partial charge in [-0.15, -0.1) is 0 Å². The second-order valence-corrected chi connectivity index (χ2v) is 8.22. The van der Waals surface area contributed by atoms with Gasteiger partial charge >= 0.3 is 0 Å². The van der Waals surface area contributed by atoms with E-state index in [1.54, 1.807) is 20.9 Å². The highest BCUT2D eigenvalue weighted by Crippen LogP contribution is 2.31. The minimum atomic E-state index is -3.65. The molecule has 0 aliphatic carbocycles. The van der Waals surface area contributed by atoms with Crippen molar-refractivity contribution in [2.24, 2.45) is 7.05 Å². The number of aryl methyl sites for hydroxylation is 2. The third kappa shape index (κ3) is 2.17. The van der Waals surface area contributed by atoms with Crippen LogP contribution in [-0.4, -0.2) is 63.4 Å². The van der Waals surface area contributed by atoms with E-state index in [1.807, 2.05) is 0 Å². The van der Waals surface area contributed by atoms with Gasteiger partial charge in [-0.1, -0.05) is 11.8 Å². The van der Waals surface area contributed by atoms with Gasteiger partial charge in [-0.2, -0.15) is 9.40 Å². The highest BCUT2D eigenvalue weighted by molar-refractivity contribution is 8.14. The largest absolute Gasteiger partial charge is 0.289 e. The number of hydrogen-bond acceptors (Lipinski definition) is 6. The van der Waals surface area contributed by atoms with Crippen LogP contribution in [0.3, 0.4) is 0 Å². The quantitative estimate of drug-likeness (QED) is 0.772. The summed E-state index contributed by atoms with van der Waals surface area (Å²) in [4.78, 5) is 24.7. The number of thioether (sulfide) groups is 1. The molecule has 3 rings (SSSR count). The monoisotopic (exact) mass is 344 g/mol. The average Bonchev–Trinajstić information content (AvgIpc) is 2.81. The van der Waals surface area contributed by atoms with E-state index in [9.17, 15) is 18.0 Å². The SMILES string of the molecule is Cc1nn(C)c(C)c1S(=O)(=O)N1CC(N2C(=O)CSC2=O)C1. The summed E-state index contributed by atoms with van der Waals surface area (Å²) in [7, 11) is -1.95. The van der Waals surface area contributed by atoms with Crippen molar-refractivity contribution in [3.63, 3.8) is 0 Å². The van der Waals surface area contributed by atoms with E-state index in [-0.39, 0.29) is 40.9 Å². The molecule has 0 atom stereocenters. The molecule has 0 aromatic carbocycles. The normalized spacial score (nSPS) is 20.8. The number of nitrogens with zero attached hydrogens (tertiary/aromatic N) is 4. The maximum atomic E-state index is 12.7. The van der Waals surface area contributed by atoms with E-state index in [0.29, 0.717) is 11.4 Å². The first kappa shape index (κ1) is 15.5. The van der Waals surface area contributed by atoms with Crippen LogP contribution in [-0.2, 0) is 21.9 Å². The Kier molecular flexibility index (Phi) is 3.57. The van der Waals surface area contributed by atoms with E-state index < -0.39 is 10.0 Å². The Morgan fingerprint density at radius 3 is 2.32 bits per heavy atom. The molecule has 3 heterocycles. The highest BCUT2D eigenvalue weighted by Gasteiger charge is 2.46. The molecule has 22 heavy (non-hydrogen) atoms. The second kappa shape index (κ2) is 5.07. The van der Waals surface area contributed by atoms with Gasteiger partial charge in [0.25, 0.3) is 5.24 Å². The van der Waals surface area contributed by atoms with Gasteiger partial charge in [-0.05, 0) is 13.8 Å². The molecule has 0 spiro atoms. The van der Waals surface area contributed by atoms with Crippen LogP contribution in [0.15, 0.2) is 4.90 Å². The van der Waals surface area contributed by atoms with Crippen LogP contribution in [0.4, 0.5) is 4.79 Å². The molecule has 120 valence electrons. The first-order valence-corrected chi connectivity index (χ1v) is 9.15. The molecule has 2 saturated heterocycles. The summed E-state index contributed by atoms with van der Waals surface area (Å²) < 4.78 is 28.2. The van der Waals surface area contributed by atoms with Crippen LogP contribution in [0.1, 0.15) is 11.4 Å². The summed E-state index contributed by atoms with van der Waals surface area (Å²) in [6, 6.07) is -0.359. The van der Waals surface area contributed by atoms with E-state index in [1.165, 1.54) is 13.9 Å². The molecule has 10 heteroatoms. The number of hydrogen-bond donors (Lipinski definition) is 0. The highest BCUT2D eigenvalue weighted by atomic mass is 32.2. The Morgan fingerprint density at radius 1 is 1.23 bits per heavy atom. The minimum Gasteiger partial charge on any atom is -0.273 e. The molecule has 1 aromatic heterocycles. The Morgan fingerprint density at radius 2 is 1.86 bits per heavy atom. The fourth-order valence-corrected chi connectivity index (χ4v) is 5.44. The fraction of sp³-hybridized carbons (Fsp3) is 0.583. The Bertz CT molecular complexity index is 748. The zero-order valence-corrected chi connectivity index (χ0v) is 14.1. The van der Waals surface area contributed by atoms with E-state index in [2.05, 4.69) is 5.10 Å². The summed E-state index contributed by atoms with van der Waals surface area (Å²) in [6.07, 6.45) is 0. The van der Waals surface area contributed by atoms with Crippen molar-refractivity contribution in [1.29, 1.82) is 0 Å². The summed E-state index contributed by atoms with van der Waals surface area (Å²) in [5.74, 6) is -0.103. The van der Waals surface area contributed by atoms with Crippen molar-refractivity contribution >= 4 is 32.9 Å². The second-order valence-electron chi connectivity index (χ2n) is 5.42. The third-order valence-corrected chi connectivity index (χ3v) is 6.94. The standard InChI is InChI=1S/C12H16N4O4S2/c1-7-11(8(2)14(3)13-7)22(19,20)15-4-9(5-15)16-10(17)6-21-12(16)18/h9H,4-6H2,1-3H3. The molecule has 0 bridgehead atoms. The van der Waals surface area contributed by atoms with Crippen molar-refractivity contribution in [3.8, 4) is 0 Å². The molecule has 0 N–H and O–H groups in total. The molecular formula is C12H16N4O4S2. The fourth-order valence-electron chi connectivity index (χ4n) is 2.75. The Labute approximate surface area is 132 Å². The number of amides is 2. The van der Waals surface area contributed by atoms with E-state index >= 15 is 0 Å². The van der Waals surface area contributed by atoms with E-state index in [4.69, 9.17) is 0 Å². The van der Waals surface area contributed by atoms with Gasteiger partial charge in [0.05, 0.1) is 23.2 Å². The summed E-state index contributed by atoms with van der Waals surface area (Å²) in [6.45, 7) is 3.65. The lowest BCUT2D eigenvalue weighted by Crippen LogP contribution is -2.62. The number of carbonyl (C=O) groups is 2. The molecule has 0 unspecified atom stereocenters. The number of rotatable bonds is 3. The summed E-state index contributed by atoms with van der Waals surface area (Å²) >= 11 is 0.961. The summed E-state index contributed by atoms with van der Waals surface area (Å²) in [5, 5.41) is 3.84. The van der Waals surface area contributed by atoms with E-state index in [0.717, 1.165) is 11.8 Å². The molecule has 0 radical (unpaired) electrons. The molecule has 2 aliphatic rings. The lowest BCUT2D eigenvalue weighted by Gasteiger charge is -2.41. The van der Waals surface area contributed by atoms with Crippen molar-refractivity contribution in [2.45, 2.75) is 24.8 Å². The van der Waals surface area contributed by atoms with Crippen LogP contribution < -0.4 is 0 Å². The van der Waals surface area contributed by atoms with Gasteiger partial charge in [0.2, 0.25) is 15.9 Å². The van der Waals surface area contributed by atoms with Gasteiger partial charge in [0.15, 0.2) is 0 Å². The van der Waals surface area contributed by atoms with Crippen molar-refractivity contribution < 1.29 is 18.0 Å². The maximum absolute atomic E-state index is 12.7. The third-order valence-electron chi connectivity index (χ3n) is 4.02. The number of sulfonamides is 1. The van der Waals surface area contributed by atoms with Gasteiger partial charge in [-0.25, -0.2) is 8.42 Å². The first-order chi connectivity index (χ1) is 10.2. The Hall–Kier alpha value is -1.39. The van der Waals surface area contributed by atoms with Gasteiger partial charge in [0.1, 0.15) is 4.90 Å². The van der Waals surface area contributed by atoms with Crippen molar-refractivity contribution in [3.05, 3.63) is 11.4 Å². The van der Waals surface area contributed by atoms with Gasteiger partial charge < -0.3 is 0 Å². The number of imide groups is 1. The smallest absolute Gasteiger partial charge is 0.273 e. The van der Waals surface area contributed by atoms with Gasteiger partial charge in [0, 0.05) is 20.1 Å². The first-order valence-electron chi connectivity index (χ1n) is 6.72. The zero-order chi connectivity index (χ0) is 16.2. The lowest BCUT2D eigenvalue weighted by molar-refractivity contribution is -0.127. The maximum Gasteiger partial charge on any atom is 0.289 e. The van der Waals surface area contributed by atoms with Crippen LogP contribution in [0.5, 0.6) is 0 Å². The van der Waals surface area contributed by atoms with Crippen LogP contribution in [0.25, 0.3) is 0 Å². The molecule has 2 aliphatic heterocycles. The number of aromatic nitrogens is 2. The van der Waals surface area contributed by atoms with Crippen LogP contribution in [0, 0.1) is 13.8 Å². The molecule has 0 saturated carbocycles. The van der Waals surface area contributed by atoms with Crippen LogP contribution >= 0.6 is 11.8 Å². The number of carbonyl (C=O) groups excluding carboxylic acids is 2. The lowest BCUT2D eigenvalue weighted by atomic mass is 10.1. The Balaban J connectivity index is 1.80. The van der Waals surface area contributed by atoms with Crippen molar-refractivity contribution in [2.75, 3.05) is 18.8 Å². The predicted molar refractivity (Wildman–Crippen MR) is 79.9 cm³/mol. The molecule has 2 fully saturated rings. The topological polar surface area (TPSA) is 92.6 Å².